The molecule has 3 N–H and O–H groups in total. The average molecular weight is 461 g/mol. The zero-order chi connectivity index (χ0) is 23.6. The normalized spacial score (nSPS) is 11.7. The summed E-state index contributed by atoms with van der Waals surface area (Å²) in [4.78, 5) is 18.3. The van der Waals surface area contributed by atoms with Gasteiger partial charge in [-0.1, -0.05) is 0 Å². The van der Waals surface area contributed by atoms with Crippen molar-refractivity contribution >= 4 is 38.0 Å². The highest BCUT2D eigenvalue weighted by molar-refractivity contribution is 7.91. The lowest BCUT2D eigenvalue weighted by atomic mass is 10.1. The Bertz CT molecular complexity index is 1290. The van der Waals surface area contributed by atoms with Crippen LogP contribution in [0, 0.1) is 12.7 Å². The molecule has 1 aromatic heterocycles. The molecule has 1 amide bonds. The van der Waals surface area contributed by atoms with E-state index in [4.69, 9.17) is 10.5 Å². The van der Waals surface area contributed by atoms with Crippen LogP contribution in [0.3, 0.4) is 0 Å². The molecule has 0 radical (unpaired) electrons. The fourth-order valence-electron chi connectivity index (χ4n) is 3.25. The van der Waals surface area contributed by atoms with Gasteiger partial charge in [0.25, 0.3) is 5.91 Å². The Morgan fingerprint density at radius 3 is 2.59 bits per heavy atom. The van der Waals surface area contributed by atoms with Gasteiger partial charge < -0.3 is 20.7 Å². The highest BCUT2D eigenvalue weighted by Gasteiger charge is 2.21. The smallest absolute Gasteiger partial charge is 0.252 e. The third-order valence-electron chi connectivity index (χ3n) is 4.99. The van der Waals surface area contributed by atoms with E-state index in [1.807, 2.05) is 0 Å². The van der Waals surface area contributed by atoms with Crippen LogP contribution in [0.15, 0.2) is 41.4 Å². The first kappa shape index (κ1) is 23.4. The second kappa shape index (κ2) is 9.09. The Hall–Kier alpha value is -3.24. The highest BCUT2D eigenvalue weighted by Crippen LogP contribution is 2.34. The van der Waals surface area contributed by atoms with Crippen molar-refractivity contribution in [2.24, 2.45) is 5.73 Å². The zero-order valence-electron chi connectivity index (χ0n) is 18.3. The summed E-state index contributed by atoms with van der Waals surface area (Å²) in [6, 6.07) is 7.16. The molecule has 0 saturated carbocycles. The topological polar surface area (TPSA) is 115 Å². The standard InChI is InChI=1S/C22H25FN4O4S/c1-13-9-15(32(29,30)8-7-27(2)3)11-16-20(13)25-12-17(22(24)28)21(16)26-14-5-6-18(23)19(10-14)31-4/h5-6,9-12H,7-8H2,1-4H3,(H2,24,28)(H,25,26). The number of anilines is 2. The van der Waals surface area contributed by atoms with Crippen LogP contribution >= 0.6 is 0 Å². The van der Waals surface area contributed by atoms with Crippen LogP contribution in [0.25, 0.3) is 10.9 Å². The molecule has 10 heteroatoms. The molecule has 0 unspecified atom stereocenters. The monoisotopic (exact) mass is 460 g/mol. The molecule has 0 saturated heterocycles. The predicted molar refractivity (Wildman–Crippen MR) is 122 cm³/mol. The van der Waals surface area contributed by atoms with Crippen LogP contribution in [0.2, 0.25) is 0 Å². The number of nitrogens with two attached hydrogens (primary N) is 1. The number of benzene rings is 2. The van der Waals surface area contributed by atoms with Crippen molar-refractivity contribution in [1.29, 1.82) is 0 Å². The Labute approximate surface area is 186 Å². The summed E-state index contributed by atoms with van der Waals surface area (Å²) in [7, 11) is 1.34. The molecule has 2 aromatic carbocycles. The number of pyridine rings is 1. The van der Waals surface area contributed by atoms with E-state index in [1.54, 1.807) is 32.0 Å². The van der Waals surface area contributed by atoms with Gasteiger partial charge in [-0.2, -0.15) is 0 Å². The third kappa shape index (κ3) is 4.81. The van der Waals surface area contributed by atoms with Crippen LogP contribution in [-0.2, 0) is 9.84 Å². The summed E-state index contributed by atoms with van der Waals surface area (Å²) < 4.78 is 44.7. The molecular weight excluding hydrogens is 435 g/mol. The van der Waals surface area contributed by atoms with Crippen LogP contribution < -0.4 is 15.8 Å². The number of carbonyl (C=O) groups is 1. The molecule has 0 aliphatic carbocycles. The van der Waals surface area contributed by atoms with Gasteiger partial charge in [0.1, 0.15) is 0 Å². The molecular formula is C22H25FN4O4S. The quantitative estimate of drug-likeness (QED) is 0.531. The largest absolute Gasteiger partial charge is 0.494 e. The first-order valence-corrected chi connectivity index (χ1v) is 11.4. The van der Waals surface area contributed by atoms with Gasteiger partial charge in [0.05, 0.1) is 34.5 Å². The van der Waals surface area contributed by atoms with Gasteiger partial charge in [0.15, 0.2) is 21.4 Å². The van der Waals surface area contributed by atoms with Gasteiger partial charge >= 0.3 is 0 Å². The van der Waals surface area contributed by atoms with E-state index in [1.165, 1.54) is 37.6 Å². The summed E-state index contributed by atoms with van der Waals surface area (Å²) in [5, 5.41) is 3.47. The summed E-state index contributed by atoms with van der Waals surface area (Å²) in [5.74, 6) is -1.34. The molecule has 3 rings (SSSR count). The van der Waals surface area contributed by atoms with E-state index in [-0.39, 0.29) is 27.6 Å². The first-order valence-electron chi connectivity index (χ1n) is 9.74. The number of hydrogen-bond donors (Lipinski definition) is 2. The van der Waals surface area contributed by atoms with Gasteiger partial charge in [-0.15, -0.1) is 0 Å². The highest BCUT2D eigenvalue weighted by atomic mass is 32.2. The minimum absolute atomic E-state index is 0.0112. The molecule has 32 heavy (non-hydrogen) atoms. The summed E-state index contributed by atoms with van der Waals surface area (Å²) in [6.45, 7) is 2.11. The van der Waals surface area contributed by atoms with Gasteiger partial charge in [-0.05, 0) is 50.8 Å². The SMILES string of the molecule is COc1cc(Nc2c(C(N)=O)cnc3c(C)cc(S(=O)(=O)CCN(C)C)cc23)ccc1F. The molecule has 0 aliphatic heterocycles. The number of fused-ring (bicyclic) bond motifs is 1. The fourth-order valence-corrected chi connectivity index (χ4v) is 4.75. The fraction of sp³-hybridized carbons (Fsp3) is 0.273. The number of nitrogens with one attached hydrogen (secondary N) is 1. The Morgan fingerprint density at radius 1 is 1.25 bits per heavy atom. The van der Waals surface area contributed by atoms with E-state index in [9.17, 15) is 17.6 Å². The van der Waals surface area contributed by atoms with Crippen molar-refractivity contribution in [2.45, 2.75) is 11.8 Å². The van der Waals surface area contributed by atoms with Crippen molar-refractivity contribution in [3.05, 3.63) is 53.5 Å². The number of halogens is 1. The van der Waals surface area contributed by atoms with Crippen molar-refractivity contribution in [1.82, 2.24) is 9.88 Å². The molecule has 0 aliphatic rings. The number of hydrogen-bond acceptors (Lipinski definition) is 7. The second-order valence-electron chi connectivity index (χ2n) is 7.64. The third-order valence-corrected chi connectivity index (χ3v) is 6.66. The Morgan fingerprint density at radius 2 is 1.97 bits per heavy atom. The van der Waals surface area contributed by atoms with Gasteiger partial charge in [-0.3, -0.25) is 9.78 Å². The summed E-state index contributed by atoms with van der Waals surface area (Å²) in [6.07, 6.45) is 1.33. The molecule has 1 heterocycles. The van der Waals surface area contributed by atoms with E-state index >= 15 is 0 Å². The number of amides is 1. The number of nitrogens with zero attached hydrogens (tertiary/aromatic N) is 2. The maximum Gasteiger partial charge on any atom is 0.252 e. The molecule has 0 bridgehead atoms. The van der Waals surface area contributed by atoms with Crippen molar-refractivity contribution < 1.29 is 22.3 Å². The zero-order valence-corrected chi connectivity index (χ0v) is 19.1. The summed E-state index contributed by atoms with van der Waals surface area (Å²) >= 11 is 0. The number of aromatic nitrogens is 1. The van der Waals surface area contributed by atoms with Crippen molar-refractivity contribution in [3.63, 3.8) is 0 Å². The molecule has 3 aromatic rings. The van der Waals surface area contributed by atoms with Gasteiger partial charge in [-0.25, -0.2) is 12.8 Å². The van der Waals surface area contributed by atoms with Crippen molar-refractivity contribution in [2.75, 3.05) is 38.8 Å². The minimum Gasteiger partial charge on any atom is -0.494 e. The number of methoxy groups -OCH3 is 1. The van der Waals surface area contributed by atoms with Crippen LogP contribution in [0.4, 0.5) is 15.8 Å². The van der Waals surface area contributed by atoms with Gasteiger partial charge in [0, 0.05) is 29.9 Å². The second-order valence-corrected chi connectivity index (χ2v) is 9.75. The number of carbonyl (C=O) groups excluding carboxylic acids is 1. The number of rotatable bonds is 8. The Balaban J connectivity index is 2.22. The lowest BCUT2D eigenvalue weighted by Crippen LogP contribution is -2.22. The van der Waals surface area contributed by atoms with E-state index in [0.717, 1.165) is 0 Å². The molecule has 0 atom stereocenters. The Kier molecular flexibility index (Phi) is 6.65. The lowest BCUT2D eigenvalue weighted by molar-refractivity contribution is 0.100. The maximum atomic E-state index is 13.8. The predicted octanol–water partition coefficient (Wildman–Crippen LogP) is 2.87. The number of sulfone groups is 1. The number of ether oxygens (including phenoxy) is 1. The summed E-state index contributed by atoms with van der Waals surface area (Å²) in [5.41, 5.74) is 7.47. The minimum atomic E-state index is -3.59. The number of aryl methyl sites for hydroxylation is 1. The maximum absolute atomic E-state index is 13.8. The van der Waals surface area contributed by atoms with E-state index in [0.29, 0.717) is 28.7 Å². The van der Waals surface area contributed by atoms with Crippen LogP contribution in [-0.4, -0.2) is 57.7 Å². The van der Waals surface area contributed by atoms with Crippen LogP contribution in [0.5, 0.6) is 5.75 Å². The van der Waals surface area contributed by atoms with E-state index < -0.39 is 21.6 Å². The van der Waals surface area contributed by atoms with E-state index in [2.05, 4.69) is 10.3 Å². The van der Waals surface area contributed by atoms with Crippen molar-refractivity contribution in [3.8, 4) is 5.75 Å². The van der Waals surface area contributed by atoms with Crippen LogP contribution in [0.1, 0.15) is 15.9 Å². The average Bonchev–Trinajstić information content (AvgIpc) is 2.73. The molecule has 0 spiro atoms. The number of primary amides is 1. The van der Waals surface area contributed by atoms with Gasteiger partial charge in [0.2, 0.25) is 0 Å². The first-order chi connectivity index (χ1) is 15.0. The molecule has 8 nitrogen and oxygen atoms in total. The lowest BCUT2D eigenvalue weighted by Gasteiger charge is -2.16. The molecule has 170 valence electrons. The molecule has 0 fully saturated rings.